The molecular weight excluding hydrogens is 158 g/mol. The summed E-state index contributed by atoms with van der Waals surface area (Å²) in [6.07, 6.45) is 2.39. The molecule has 0 unspecified atom stereocenters. The molecule has 1 nitrogen and oxygen atoms in total. The highest BCUT2D eigenvalue weighted by Gasteiger charge is 2.22. The Morgan fingerprint density at radius 2 is 1.62 bits per heavy atom. The lowest BCUT2D eigenvalue weighted by Crippen LogP contribution is -2.41. The molecule has 78 valence electrons. The Kier molecular flexibility index (Phi) is 4.02. The second-order valence-electron chi connectivity index (χ2n) is 5.49. The van der Waals surface area contributed by atoms with Gasteiger partial charge in [-0.2, -0.15) is 0 Å². The van der Waals surface area contributed by atoms with Crippen molar-refractivity contribution in [2.45, 2.75) is 59.9 Å². The van der Waals surface area contributed by atoms with Crippen molar-refractivity contribution in [1.82, 2.24) is 5.32 Å². The largest absolute Gasteiger partial charge is 0.384 e. The second kappa shape index (κ2) is 4.17. The van der Waals surface area contributed by atoms with Crippen LogP contribution < -0.4 is 5.32 Å². The van der Waals surface area contributed by atoms with Crippen LogP contribution in [-0.2, 0) is 0 Å². The van der Waals surface area contributed by atoms with Gasteiger partial charge in [0.05, 0.1) is 0 Å². The monoisotopic (exact) mass is 183 g/mol. The predicted molar refractivity (Wildman–Crippen MR) is 60.7 cm³/mol. The van der Waals surface area contributed by atoms with Crippen molar-refractivity contribution in [1.29, 1.82) is 0 Å². The summed E-state index contributed by atoms with van der Waals surface area (Å²) >= 11 is 0. The molecule has 0 aliphatic heterocycles. The van der Waals surface area contributed by atoms with Crippen LogP contribution >= 0.6 is 0 Å². The minimum atomic E-state index is 0.158. The molecule has 0 radical (unpaired) electrons. The van der Waals surface area contributed by atoms with E-state index < -0.39 is 0 Å². The predicted octanol–water partition coefficient (Wildman–Crippen LogP) is 3.71. The van der Waals surface area contributed by atoms with Crippen LogP contribution in [-0.4, -0.2) is 5.54 Å². The molecule has 0 aromatic carbocycles. The van der Waals surface area contributed by atoms with Gasteiger partial charge in [0.2, 0.25) is 0 Å². The quantitative estimate of drug-likeness (QED) is 0.700. The van der Waals surface area contributed by atoms with E-state index in [2.05, 4.69) is 53.4 Å². The molecule has 0 aliphatic carbocycles. The average Bonchev–Trinajstić information content (AvgIpc) is 1.83. The van der Waals surface area contributed by atoms with Crippen LogP contribution in [0.5, 0.6) is 0 Å². The van der Waals surface area contributed by atoms with Gasteiger partial charge in [0, 0.05) is 16.7 Å². The van der Waals surface area contributed by atoms with E-state index in [4.69, 9.17) is 0 Å². The summed E-state index contributed by atoms with van der Waals surface area (Å²) in [4.78, 5) is 0. The first-order valence-corrected chi connectivity index (χ1v) is 5.16. The topological polar surface area (TPSA) is 12.0 Å². The molecule has 0 aliphatic rings. The summed E-state index contributed by atoms with van der Waals surface area (Å²) in [5.74, 6) is 0. The van der Waals surface area contributed by atoms with Crippen molar-refractivity contribution in [2.75, 3.05) is 0 Å². The Labute approximate surface area is 83.6 Å². The Morgan fingerprint density at radius 1 is 1.15 bits per heavy atom. The summed E-state index contributed by atoms with van der Waals surface area (Å²) in [5, 5.41) is 3.50. The van der Waals surface area contributed by atoms with E-state index in [9.17, 15) is 0 Å². The van der Waals surface area contributed by atoms with Crippen LogP contribution in [0.15, 0.2) is 12.3 Å². The fraction of sp³-hybridized carbons (Fsp3) is 0.833. The first kappa shape index (κ1) is 12.5. The third kappa shape index (κ3) is 4.97. The van der Waals surface area contributed by atoms with Gasteiger partial charge in [0.15, 0.2) is 0 Å². The van der Waals surface area contributed by atoms with E-state index in [0.717, 1.165) is 5.70 Å². The van der Waals surface area contributed by atoms with Gasteiger partial charge < -0.3 is 5.32 Å². The van der Waals surface area contributed by atoms with Crippen molar-refractivity contribution >= 4 is 0 Å². The third-order valence-corrected chi connectivity index (χ3v) is 2.27. The van der Waals surface area contributed by atoms with E-state index in [0.29, 0.717) is 0 Å². The zero-order valence-corrected chi connectivity index (χ0v) is 10.1. The molecule has 0 saturated carbocycles. The van der Waals surface area contributed by atoms with Gasteiger partial charge in [0.1, 0.15) is 0 Å². The number of hydrogen-bond acceptors (Lipinski definition) is 1. The first-order valence-electron chi connectivity index (χ1n) is 5.16. The van der Waals surface area contributed by atoms with Crippen molar-refractivity contribution < 1.29 is 0 Å². The molecule has 1 heteroatoms. The Morgan fingerprint density at radius 3 is 1.92 bits per heavy atom. The van der Waals surface area contributed by atoms with Crippen molar-refractivity contribution in [3.05, 3.63) is 12.3 Å². The van der Waals surface area contributed by atoms with Crippen LogP contribution in [0.25, 0.3) is 0 Å². The summed E-state index contributed by atoms with van der Waals surface area (Å²) in [5.41, 5.74) is 1.47. The Hall–Kier alpha value is -0.460. The maximum absolute atomic E-state index is 4.08. The molecule has 0 aromatic rings. The van der Waals surface area contributed by atoms with Crippen molar-refractivity contribution in [2.24, 2.45) is 5.41 Å². The van der Waals surface area contributed by atoms with Gasteiger partial charge >= 0.3 is 0 Å². The number of allylic oxidation sites excluding steroid dienone is 1. The first-order chi connectivity index (χ1) is 5.69. The van der Waals surface area contributed by atoms with Gasteiger partial charge in [-0.1, -0.05) is 40.7 Å². The Bertz CT molecular complexity index is 172. The normalized spacial score (nSPS) is 12.8. The van der Waals surface area contributed by atoms with Crippen molar-refractivity contribution in [3.8, 4) is 0 Å². The maximum Gasteiger partial charge on any atom is 0.0314 e. The summed E-state index contributed by atoms with van der Waals surface area (Å²) in [6.45, 7) is 17.3. The molecule has 13 heavy (non-hydrogen) atoms. The minimum Gasteiger partial charge on any atom is -0.384 e. The lowest BCUT2D eigenvalue weighted by Gasteiger charge is -2.33. The third-order valence-electron chi connectivity index (χ3n) is 2.27. The van der Waals surface area contributed by atoms with Gasteiger partial charge in [-0.05, 0) is 20.3 Å². The molecule has 0 saturated heterocycles. The highest BCUT2D eigenvalue weighted by atomic mass is 15.0. The zero-order valence-electron chi connectivity index (χ0n) is 10.1. The number of hydrogen-bond donors (Lipinski definition) is 1. The average molecular weight is 183 g/mol. The molecule has 0 aromatic heterocycles. The molecule has 0 amide bonds. The number of nitrogens with one attached hydrogen (secondary N) is 1. The minimum absolute atomic E-state index is 0.158. The summed E-state index contributed by atoms with van der Waals surface area (Å²) < 4.78 is 0. The molecule has 0 rings (SSSR count). The fourth-order valence-electron chi connectivity index (χ4n) is 1.28. The standard InChI is InChI=1S/C12H25N/c1-8-9-12(6,7)13-10(2)11(3,4)5/h13H,2,8-9H2,1,3-7H3. The maximum atomic E-state index is 4.08. The van der Waals surface area contributed by atoms with Crippen LogP contribution in [0, 0.1) is 5.41 Å². The molecule has 0 heterocycles. The van der Waals surface area contributed by atoms with Crippen LogP contribution in [0.2, 0.25) is 0 Å². The highest BCUT2D eigenvalue weighted by Crippen LogP contribution is 2.24. The van der Waals surface area contributed by atoms with Gasteiger partial charge in [-0.15, -0.1) is 0 Å². The van der Waals surface area contributed by atoms with Crippen LogP contribution in [0.1, 0.15) is 54.4 Å². The molecule has 1 N–H and O–H groups in total. The summed E-state index contributed by atoms with van der Waals surface area (Å²) in [7, 11) is 0. The fourth-order valence-corrected chi connectivity index (χ4v) is 1.28. The van der Waals surface area contributed by atoms with Gasteiger partial charge in [-0.25, -0.2) is 0 Å². The highest BCUT2D eigenvalue weighted by molar-refractivity contribution is 5.06. The van der Waals surface area contributed by atoms with E-state index in [1.165, 1.54) is 12.8 Å². The van der Waals surface area contributed by atoms with Crippen LogP contribution in [0.3, 0.4) is 0 Å². The number of rotatable bonds is 4. The molecule has 0 fully saturated rings. The zero-order chi connectivity index (χ0) is 10.7. The smallest absolute Gasteiger partial charge is 0.0314 e. The molecule has 0 atom stereocenters. The molecule has 0 bridgehead atoms. The SMILES string of the molecule is C=C(NC(C)(C)CCC)C(C)(C)C. The van der Waals surface area contributed by atoms with Crippen molar-refractivity contribution in [3.63, 3.8) is 0 Å². The molecular formula is C12H25N. The van der Waals surface area contributed by atoms with Gasteiger partial charge in [-0.3, -0.25) is 0 Å². The lowest BCUT2D eigenvalue weighted by molar-refractivity contribution is 0.342. The Balaban J connectivity index is 4.20. The lowest BCUT2D eigenvalue weighted by atomic mass is 9.89. The van der Waals surface area contributed by atoms with E-state index >= 15 is 0 Å². The summed E-state index contributed by atoms with van der Waals surface area (Å²) in [6, 6.07) is 0. The molecule has 0 spiro atoms. The van der Waals surface area contributed by atoms with E-state index in [-0.39, 0.29) is 11.0 Å². The van der Waals surface area contributed by atoms with Crippen LogP contribution in [0.4, 0.5) is 0 Å². The second-order valence-corrected chi connectivity index (χ2v) is 5.49. The van der Waals surface area contributed by atoms with E-state index in [1.54, 1.807) is 0 Å². The van der Waals surface area contributed by atoms with Gasteiger partial charge in [0.25, 0.3) is 0 Å². The van der Waals surface area contributed by atoms with E-state index in [1.807, 2.05) is 0 Å².